The van der Waals surface area contributed by atoms with Crippen molar-refractivity contribution in [1.82, 2.24) is 15.1 Å². The number of imide groups is 1. The third-order valence-electron chi connectivity index (χ3n) is 5.64. The molecule has 2 aliphatic heterocycles. The number of nitrogens with one attached hydrogen (secondary N) is 1. The lowest BCUT2D eigenvalue weighted by Crippen LogP contribution is -2.54. The Morgan fingerprint density at radius 2 is 1.71 bits per heavy atom. The first-order valence-electron chi connectivity index (χ1n) is 10.3. The van der Waals surface area contributed by atoms with E-state index < -0.39 is 17.6 Å². The van der Waals surface area contributed by atoms with Gasteiger partial charge in [0.25, 0.3) is 5.91 Å². The van der Waals surface area contributed by atoms with Gasteiger partial charge in [-0.05, 0) is 18.1 Å². The highest BCUT2D eigenvalue weighted by atomic mass is 32.2. The van der Waals surface area contributed by atoms with E-state index in [0.717, 1.165) is 5.75 Å². The van der Waals surface area contributed by atoms with Crippen LogP contribution in [0.3, 0.4) is 0 Å². The maximum atomic E-state index is 13.8. The van der Waals surface area contributed by atoms with Crippen molar-refractivity contribution in [2.45, 2.75) is 18.5 Å². The van der Waals surface area contributed by atoms with Gasteiger partial charge >= 0.3 is 12.0 Å². The first kappa shape index (κ1) is 21.4. The molecule has 4 rings (SSSR count). The van der Waals surface area contributed by atoms with Crippen LogP contribution in [0.4, 0.5) is 4.79 Å². The Morgan fingerprint density at radius 3 is 2.29 bits per heavy atom. The minimum absolute atomic E-state index is 0.0378. The molecule has 1 atom stereocenters. The van der Waals surface area contributed by atoms with Crippen molar-refractivity contribution < 1.29 is 19.1 Å². The molecule has 3 amide bonds. The number of rotatable bonds is 6. The summed E-state index contributed by atoms with van der Waals surface area (Å²) in [5, 5.41) is 2.95. The van der Waals surface area contributed by atoms with Crippen molar-refractivity contribution in [2.24, 2.45) is 0 Å². The predicted molar refractivity (Wildman–Crippen MR) is 118 cm³/mol. The number of hydrogen-bond donors (Lipinski definition) is 1. The Balaban J connectivity index is 1.67. The molecule has 7 nitrogen and oxygen atoms in total. The van der Waals surface area contributed by atoms with Gasteiger partial charge in [-0.2, -0.15) is 11.8 Å². The van der Waals surface area contributed by atoms with Crippen LogP contribution < -0.4 is 5.32 Å². The van der Waals surface area contributed by atoms with Gasteiger partial charge in [0.05, 0.1) is 13.3 Å². The van der Waals surface area contributed by atoms with Crippen LogP contribution >= 0.6 is 11.8 Å². The summed E-state index contributed by atoms with van der Waals surface area (Å²) in [4.78, 5) is 42.4. The number of carbonyl (C=O) groups excluding carboxylic acids is 3. The second-order valence-electron chi connectivity index (χ2n) is 7.44. The number of urea groups is 1. The van der Waals surface area contributed by atoms with E-state index in [1.165, 1.54) is 4.90 Å². The van der Waals surface area contributed by atoms with Gasteiger partial charge in [0.15, 0.2) is 5.54 Å². The summed E-state index contributed by atoms with van der Waals surface area (Å²) in [5.41, 5.74) is 0.0835. The zero-order valence-corrected chi connectivity index (χ0v) is 18.1. The number of carbonyl (C=O) groups is 3. The fraction of sp³-hybridized carbons (Fsp3) is 0.348. The second kappa shape index (κ2) is 9.11. The first-order chi connectivity index (χ1) is 15.1. The number of ether oxygens (including phenoxy) is 1. The van der Waals surface area contributed by atoms with E-state index >= 15 is 0 Å². The normalized spacial score (nSPS) is 21.1. The van der Waals surface area contributed by atoms with Gasteiger partial charge in [0.1, 0.15) is 6.04 Å². The predicted octanol–water partition coefficient (Wildman–Crippen LogP) is 2.42. The minimum Gasteiger partial charge on any atom is -0.465 e. The molecule has 0 spiro atoms. The van der Waals surface area contributed by atoms with E-state index in [9.17, 15) is 14.4 Å². The van der Waals surface area contributed by atoms with Gasteiger partial charge < -0.3 is 10.1 Å². The Labute approximate surface area is 185 Å². The Kier molecular flexibility index (Phi) is 6.29. The number of esters is 1. The lowest BCUT2D eigenvalue weighted by atomic mass is 9.83. The lowest BCUT2D eigenvalue weighted by Gasteiger charge is -2.35. The summed E-state index contributed by atoms with van der Waals surface area (Å²) in [6.07, 6.45) is 0. The van der Waals surface area contributed by atoms with Crippen molar-refractivity contribution in [3.05, 3.63) is 71.8 Å². The van der Waals surface area contributed by atoms with E-state index in [-0.39, 0.29) is 18.5 Å². The molecule has 2 aromatic rings. The Hall–Kier alpha value is -2.84. The largest absolute Gasteiger partial charge is 0.465 e. The van der Waals surface area contributed by atoms with Gasteiger partial charge in [-0.3, -0.25) is 14.5 Å². The van der Waals surface area contributed by atoms with Crippen molar-refractivity contribution >= 4 is 29.7 Å². The monoisotopic (exact) mass is 439 g/mol. The summed E-state index contributed by atoms with van der Waals surface area (Å²) < 4.78 is 5.21. The first-order valence-corrected chi connectivity index (χ1v) is 11.5. The Morgan fingerprint density at radius 1 is 1.10 bits per heavy atom. The molecular formula is C23H25N3O4S. The van der Waals surface area contributed by atoms with E-state index in [2.05, 4.69) is 5.32 Å². The molecule has 0 radical (unpaired) electrons. The maximum Gasteiger partial charge on any atom is 0.326 e. The zero-order chi connectivity index (χ0) is 21.8. The molecule has 0 saturated carbocycles. The summed E-state index contributed by atoms with van der Waals surface area (Å²) in [6.45, 7) is 2.69. The molecule has 0 bridgehead atoms. The third-order valence-corrected chi connectivity index (χ3v) is 6.66. The average molecular weight is 440 g/mol. The fourth-order valence-corrected chi connectivity index (χ4v) is 5.18. The maximum absolute atomic E-state index is 13.8. The summed E-state index contributed by atoms with van der Waals surface area (Å²) >= 11 is 1.67. The van der Waals surface area contributed by atoms with Crippen molar-refractivity contribution in [1.29, 1.82) is 0 Å². The van der Waals surface area contributed by atoms with Crippen LogP contribution in [0.15, 0.2) is 60.7 Å². The van der Waals surface area contributed by atoms with Crippen molar-refractivity contribution in [2.75, 3.05) is 31.3 Å². The van der Waals surface area contributed by atoms with E-state index in [1.807, 2.05) is 65.6 Å². The van der Waals surface area contributed by atoms with E-state index in [0.29, 0.717) is 30.0 Å². The lowest BCUT2D eigenvalue weighted by molar-refractivity contribution is -0.150. The van der Waals surface area contributed by atoms with Crippen LogP contribution in [0, 0.1) is 0 Å². The van der Waals surface area contributed by atoms with Gasteiger partial charge in [-0.15, -0.1) is 0 Å². The molecule has 1 N–H and O–H groups in total. The molecule has 2 fully saturated rings. The van der Waals surface area contributed by atoms with E-state index in [4.69, 9.17) is 4.74 Å². The molecule has 162 valence electrons. The highest BCUT2D eigenvalue weighted by Crippen LogP contribution is 2.36. The van der Waals surface area contributed by atoms with Crippen LogP contribution in [-0.4, -0.2) is 65.1 Å². The van der Waals surface area contributed by atoms with Gasteiger partial charge in [0.2, 0.25) is 0 Å². The fourth-order valence-electron chi connectivity index (χ4n) is 4.08. The van der Waals surface area contributed by atoms with Crippen LogP contribution in [0.2, 0.25) is 0 Å². The molecule has 2 saturated heterocycles. The minimum atomic E-state index is -1.30. The smallest absolute Gasteiger partial charge is 0.326 e. The Bertz CT molecular complexity index is 914. The molecule has 0 aliphatic carbocycles. The zero-order valence-electron chi connectivity index (χ0n) is 17.3. The van der Waals surface area contributed by atoms with Gasteiger partial charge in [-0.1, -0.05) is 60.7 Å². The summed E-state index contributed by atoms with van der Waals surface area (Å²) in [6, 6.07) is 17.5. The third kappa shape index (κ3) is 3.93. The second-order valence-corrected chi connectivity index (χ2v) is 8.59. The van der Waals surface area contributed by atoms with Gasteiger partial charge in [-0.25, -0.2) is 9.69 Å². The van der Waals surface area contributed by atoms with Crippen molar-refractivity contribution in [3.8, 4) is 0 Å². The molecule has 0 aromatic heterocycles. The number of hydrogen-bond acceptors (Lipinski definition) is 6. The highest BCUT2D eigenvalue weighted by Gasteiger charge is 2.54. The number of thioether (sulfide) groups is 1. The number of nitrogens with zero attached hydrogens (tertiary/aromatic N) is 2. The summed E-state index contributed by atoms with van der Waals surface area (Å²) in [5.74, 6) is 0.724. The SMILES string of the molecule is CCOC(=O)[C@H]1CSCCN1CN1C(=O)NC(c2ccccc2)(c2ccccc2)C1=O. The number of amides is 3. The van der Waals surface area contributed by atoms with Gasteiger partial charge in [0, 0.05) is 18.1 Å². The molecule has 0 unspecified atom stereocenters. The standard InChI is InChI=1S/C23H25N3O4S/c1-2-30-20(27)19-15-31-14-13-25(19)16-26-21(28)23(24-22(26)29,17-9-5-3-6-10-17)18-11-7-4-8-12-18/h3-12,19H,2,13-16H2,1H3,(H,24,29)/t19-/m1/s1. The topological polar surface area (TPSA) is 79.0 Å². The quantitative estimate of drug-likeness (QED) is 0.550. The average Bonchev–Trinajstić information content (AvgIpc) is 3.06. The molecule has 2 heterocycles. The van der Waals surface area contributed by atoms with Crippen LogP contribution in [0.5, 0.6) is 0 Å². The highest BCUT2D eigenvalue weighted by molar-refractivity contribution is 7.99. The van der Waals surface area contributed by atoms with Crippen LogP contribution in [0.1, 0.15) is 18.1 Å². The van der Waals surface area contributed by atoms with Crippen LogP contribution in [-0.2, 0) is 19.9 Å². The van der Waals surface area contributed by atoms with Crippen LogP contribution in [0.25, 0.3) is 0 Å². The van der Waals surface area contributed by atoms with Crippen molar-refractivity contribution in [3.63, 3.8) is 0 Å². The van der Waals surface area contributed by atoms with E-state index in [1.54, 1.807) is 18.7 Å². The summed E-state index contributed by atoms with van der Waals surface area (Å²) in [7, 11) is 0. The molecule has 31 heavy (non-hydrogen) atoms. The number of benzene rings is 2. The molecule has 2 aliphatic rings. The molecule has 8 heteroatoms. The molecule has 2 aromatic carbocycles. The molecular weight excluding hydrogens is 414 g/mol.